The summed E-state index contributed by atoms with van der Waals surface area (Å²) in [6.45, 7) is 1.57. The molecule has 0 aliphatic carbocycles. The number of nitrogens with one attached hydrogen (secondary N) is 2. The van der Waals surface area contributed by atoms with Crippen LogP contribution in [0.25, 0.3) is 11.1 Å². The zero-order valence-corrected chi connectivity index (χ0v) is 15.3. The van der Waals surface area contributed by atoms with Gasteiger partial charge in [-0.15, -0.1) is 0 Å². The number of amides is 1. The highest BCUT2D eigenvalue weighted by atomic mass is 19.1. The molecule has 0 saturated carbocycles. The second-order valence-corrected chi connectivity index (χ2v) is 7.38. The lowest BCUT2D eigenvalue weighted by Crippen LogP contribution is -2.47. The van der Waals surface area contributed by atoms with Crippen LogP contribution in [0, 0.1) is 5.82 Å². The molecule has 2 N–H and O–H groups in total. The van der Waals surface area contributed by atoms with E-state index >= 15 is 0 Å². The average molecular weight is 368 g/mol. The lowest BCUT2D eigenvalue weighted by molar-refractivity contribution is -0.130. The summed E-state index contributed by atoms with van der Waals surface area (Å²) in [7, 11) is 0. The lowest BCUT2D eigenvalue weighted by Gasteiger charge is -2.22. The van der Waals surface area contributed by atoms with Crippen LogP contribution in [-0.4, -0.2) is 37.2 Å². The highest BCUT2D eigenvalue weighted by Gasteiger charge is 2.31. The zero-order chi connectivity index (χ0) is 18.6. The summed E-state index contributed by atoms with van der Waals surface area (Å²) >= 11 is 0. The van der Waals surface area contributed by atoms with Crippen LogP contribution >= 0.6 is 0 Å². The molecule has 3 atom stereocenters. The summed E-state index contributed by atoms with van der Waals surface area (Å²) in [6.07, 6.45) is 3.22. The second-order valence-electron chi connectivity index (χ2n) is 7.38. The van der Waals surface area contributed by atoms with Gasteiger partial charge < -0.3 is 15.4 Å². The minimum absolute atomic E-state index is 0.0136. The third-order valence-electron chi connectivity index (χ3n) is 5.44. The van der Waals surface area contributed by atoms with E-state index in [1.165, 1.54) is 11.6 Å². The number of carbonyl (C=O) groups is 1. The van der Waals surface area contributed by atoms with Crippen molar-refractivity contribution >= 4 is 5.91 Å². The van der Waals surface area contributed by atoms with Crippen LogP contribution in [0.4, 0.5) is 4.39 Å². The lowest BCUT2D eigenvalue weighted by atomic mass is 9.97. The van der Waals surface area contributed by atoms with Crippen LogP contribution in [0.1, 0.15) is 24.8 Å². The first-order chi connectivity index (χ1) is 13.2. The maximum absolute atomic E-state index is 13.5. The third-order valence-corrected chi connectivity index (χ3v) is 5.44. The smallest absolute Gasteiger partial charge is 0.249 e. The van der Waals surface area contributed by atoms with Crippen molar-refractivity contribution in [3.8, 4) is 11.1 Å². The molecule has 0 bridgehead atoms. The van der Waals surface area contributed by atoms with Crippen LogP contribution in [-0.2, 0) is 16.0 Å². The maximum Gasteiger partial charge on any atom is 0.249 e. The molecule has 2 fully saturated rings. The van der Waals surface area contributed by atoms with Crippen molar-refractivity contribution < 1.29 is 13.9 Å². The van der Waals surface area contributed by atoms with E-state index in [0.717, 1.165) is 43.4 Å². The molecule has 27 heavy (non-hydrogen) atoms. The van der Waals surface area contributed by atoms with Gasteiger partial charge in [0.05, 0.1) is 0 Å². The van der Waals surface area contributed by atoms with Gasteiger partial charge in [0.2, 0.25) is 5.91 Å². The van der Waals surface area contributed by atoms with Gasteiger partial charge in [-0.3, -0.25) is 4.79 Å². The number of benzene rings is 2. The zero-order valence-electron chi connectivity index (χ0n) is 15.3. The van der Waals surface area contributed by atoms with Crippen LogP contribution in [0.15, 0.2) is 48.5 Å². The van der Waals surface area contributed by atoms with Crippen molar-refractivity contribution in [3.05, 3.63) is 59.9 Å². The summed E-state index contributed by atoms with van der Waals surface area (Å²) in [6, 6.07) is 15.1. The van der Waals surface area contributed by atoms with Crippen LogP contribution < -0.4 is 10.6 Å². The quantitative estimate of drug-likeness (QED) is 0.853. The van der Waals surface area contributed by atoms with E-state index in [1.54, 1.807) is 12.1 Å². The highest BCUT2D eigenvalue weighted by molar-refractivity contribution is 5.81. The number of ether oxygens (including phenoxy) is 1. The Hall–Kier alpha value is -2.24. The molecule has 2 aliphatic rings. The van der Waals surface area contributed by atoms with Gasteiger partial charge in [0.15, 0.2) is 0 Å². The van der Waals surface area contributed by atoms with Gasteiger partial charge in [-0.1, -0.05) is 36.4 Å². The van der Waals surface area contributed by atoms with Gasteiger partial charge in [-0.2, -0.15) is 0 Å². The number of hydrogen-bond donors (Lipinski definition) is 2. The Balaban J connectivity index is 1.43. The molecule has 2 aromatic carbocycles. The Morgan fingerprint density at radius 3 is 2.74 bits per heavy atom. The fraction of sp³-hybridized carbons (Fsp3) is 0.409. The summed E-state index contributed by atoms with van der Waals surface area (Å²) in [5, 5.41) is 6.67. The Kier molecular flexibility index (Phi) is 5.50. The number of rotatable bonds is 5. The molecule has 0 unspecified atom stereocenters. The van der Waals surface area contributed by atoms with Crippen molar-refractivity contribution in [1.82, 2.24) is 10.6 Å². The molecule has 4 rings (SSSR count). The van der Waals surface area contributed by atoms with Gasteiger partial charge in [-0.05, 0) is 61.1 Å². The minimum Gasteiger partial charge on any atom is -0.368 e. The van der Waals surface area contributed by atoms with Crippen LogP contribution in [0.3, 0.4) is 0 Å². The van der Waals surface area contributed by atoms with Crippen molar-refractivity contribution in [3.63, 3.8) is 0 Å². The van der Waals surface area contributed by atoms with E-state index in [0.29, 0.717) is 6.61 Å². The van der Waals surface area contributed by atoms with Crippen LogP contribution in [0.2, 0.25) is 0 Å². The fourth-order valence-electron chi connectivity index (χ4n) is 4.01. The summed E-state index contributed by atoms with van der Waals surface area (Å²) < 4.78 is 19.0. The molecule has 0 radical (unpaired) electrons. The fourth-order valence-corrected chi connectivity index (χ4v) is 4.01. The van der Waals surface area contributed by atoms with E-state index in [1.807, 2.05) is 18.2 Å². The van der Waals surface area contributed by atoms with Gasteiger partial charge in [0.1, 0.15) is 11.9 Å². The molecule has 4 nitrogen and oxygen atoms in total. The van der Waals surface area contributed by atoms with Crippen molar-refractivity contribution in [2.75, 3.05) is 13.2 Å². The van der Waals surface area contributed by atoms with Gasteiger partial charge in [0, 0.05) is 18.7 Å². The van der Waals surface area contributed by atoms with E-state index in [9.17, 15) is 9.18 Å². The van der Waals surface area contributed by atoms with Crippen molar-refractivity contribution in [2.45, 2.75) is 43.9 Å². The Labute approximate surface area is 159 Å². The maximum atomic E-state index is 13.5. The third kappa shape index (κ3) is 4.37. The van der Waals surface area contributed by atoms with Gasteiger partial charge >= 0.3 is 0 Å². The first kappa shape index (κ1) is 18.1. The summed E-state index contributed by atoms with van der Waals surface area (Å²) in [5.41, 5.74) is 3.05. The largest absolute Gasteiger partial charge is 0.368 e. The molecule has 142 valence electrons. The normalized spacial score (nSPS) is 24.9. The second kappa shape index (κ2) is 8.19. The van der Waals surface area contributed by atoms with Gasteiger partial charge in [-0.25, -0.2) is 4.39 Å². The standard InChI is InChI=1S/C22H25FN2O2/c23-18-7-2-6-17(14-18)16-5-1-4-15(12-16)13-20-19(9-10-24-20)25-22(26)21-8-3-11-27-21/h1-2,4-7,12,14,19-21,24H,3,8-11,13H2,(H,25,26)/t19-,20-,21-/m0/s1. The molecule has 1 amide bonds. The Morgan fingerprint density at radius 1 is 1.15 bits per heavy atom. The number of carbonyl (C=O) groups excluding carboxylic acids is 1. The predicted octanol–water partition coefficient (Wildman–Crippen LogP) is 3.06. The molecular formula is C22H25FN2O2. The Bertz CT molecular complexity index is 804. The first-order valence-corrected chi connectivity index (χ1v) is 9.69. The number of hydrogen-bond acceptors (Lipinski definition) is 3. The van der Waals surface area contributed by atoms with Crippen LogP contribution in [0.5, 0.6) is 0 Å². The van der Waals surface area contributed by atoms with E-state index < -0.39 is 0 Å². The summed E-state index contributed by atoms with van der Waals surface area (Å²) in [5.74, 6) is -0.216. The average Bonchev–Trinajstić information content (AvgIpc) is 3.35. The van der Waals surface area contributed by atoms with Crippen molar-refractivity contribution in [1.29, 1.82) is 0 Å². The molecular weight excluding hydrogens is 343 g/mol. The van der Waals surface area contributed by atoms with E-state index in [-0.39, 0.29) is 29.9 Å². The number of halogens is 1. The van der Waals surface area contributed by atoms with E-state index in [2.05, 4.69) is 22.8 Å². The molecule has 0 aromatic heterocycles. The summed E-state index contributed by atoms with van der Waals surface area (Å²) in [4.78, 5) is 12.4. The Morgan fingerprint density at radius 2 is 1.96 bits per heavy atom. The minimum atomic E-state index is -0.289. The van der Waals surface area contributed by atoms with Crippen molar-refractivity contribution in [2.24, 2.45) is 0 Å². The molecule has 0 spiro atoms. The van der Waals surface area contributed by atoms with E-state index in [4.69, 9.17) is 4.74 Å². The SMILES string of the molecule is O=C(N[C@H]1CCN[C@H]1Cc1cccc(-c2cccc(F)c2)c1)[C@@H]1CCCO1. The molecule has 5 heteroatoms. The predicted molar refractivity (Wildman–Crippen MR) is 103 cm³/mol. The molecule has 2 aromatic rings. The molecule has 2 aliphatic heterocycles. The topological polar surface area (TPSA) is 50.4 Å². The molecule has 2 saturated heterocycles. The monoisotopic (exact) mass is 368 g/mol. The highest BCUT2D eigenvalue weighted by Crippen LogP contribution is 2.23. The molecule has 2 heterocycles. The van der Waals surface area contributed by atoms with Gasteiger partial charge in [0.25, 0.3) is 0 Å². The first-order valence-electron chi connectivity index (χ1n) is 9.69.